The van der Waals surface area contributed by atoms with Crippen molar-refractivity contribution in [3.05, 3.63) is 16.2 Å². The van der Waals surface area contributed by atoms with Crippen molar-refractivity contribution in [1.29, 1.82) is 0 Å². The molecule has 0 aliphatic heterocycles. The Kier molecular flexibility index (Phi) is 4.93. The number of anilines is 1. The van der Waals surface area contributed by atoms with Gasteiger partial charge < -0.3 is 4.90 Å². The summed E-state index contributed by atoms with van der Waals surface area (Å²) in [7, 11) is 0. The number of aryl methyl sites for hydroxylation is 1. The lowest BCUT2D eigenvalue weighted by Gasteiger charge is -2.25. The van der Waals surface area contributed by atoms with Gasteiger partial charge in [0.25, 0.3) is 0 Å². The third-order valence-corrected chi connectivity index (χ3v) is 4.25. The molecular formula is C13H15ClF3N3S. The van der Waals surface area contributed by atoms with Gasteiger partial charge in [0.2, 0.25) is 5.28 Å². The van der Waals surface area contributed by atoms with Crippen molar-refractivity contribution in [3.8, 4) is 0 Å². The first kappa shape index (κ1) is 16.3. The molecule has 21 heavy (non-hydrogen) atoms. The Morgan fingerprint density at radius 3 is 2.57 bits per heavy atom. The van der Waals surface area contributed by atoms with E-state index in [-0.39, 0.29) is 17.6 Å². The first-order valence-electron chi connectivity index (χ1n) is 6.61. The van der Waals surface area contributed by atoms with Crippen molar-refractivity contribution < 1.29 is 13.2 Å². The maximum absolute atomic E-state index is 12.8. The highest BCUT2D eigenvalue weighted by atomic mass is 35.5. The largest absolute Gasteiger partial charge is 0.405 e. The quantitative estimate of drug-likeness (QED) is 0.741. The number of rotatable bonds is 5. The molecular weight excluding hydrogens is 323 g/mol. The van der Waals surface area contributed by atoms with E-state index in [0.29, 0.717) is 16.6 Å². The molecule has 0 fully saturated rings. The maximum atomic E-state index is 12.8. The summed E-state index contributed by atoms with van der Waals surface area (Å²) in [5.74, 6) is 0.264. The van der Waals surface area contributed by atoms with Crippen LogP contribution < -0.4 is 4.90 Å². The van der Waals surface area contributed by atoms with Crippen molar-refractivity contribution >= 4 is 39.0 Å². The van der Waals surface area contributed by atoms with Gasteiger partial charge in [-0.25, -0.2) is 4.98 Å². The highest BCUT2D eigenvalue weighted by Crippen LogP contribution is 2.33. The predicted molar refractivity (Wildman–Crippen MR) is 80.4 cm³/mol. The molecule has 0 bridgehead atoms. The maximum Gasteiger partial charge on any atom is 0.405 e. The van der Waals surface area contributed by atoms with Crippen molar-refractivity contribution in [3.63, 3.8) is 0 Å². The molecule has 0 saturated heterocycles. The number of alkyl halides is 3. The summed E-state index contributed by atoms with van der Waals surface area (Å²) in [5, 5.41) is 0.615. The van der Waals surface area contributed by atoms with Crippen LogP contribution in [-0.2, 0) is 6.42 Å². The Morgan fingerprint density at radius 1 is 1.29 bits per heavy atom. The summed E-state index contributed by atoms with van der Waals surface area (Å²) in [6, 6.07) is 1.85. The van der Waals surface area contributed by atoms with Gasteiger partial charge in [-0.2, -0.15) is 18.2 Å². The zero-order valence-corrected chi connectivity index (χ0v) is 13.2. The van der Waals surface area contributed by atoms with E-state index in [2.05, 4.69) is 9.97 Å². The molecule has 116 valence electrons. The molecule has 3 nitrogen and oxygen atoms in total. The fourth-order valence-electron chi connectivity index (χ4n) is 2.09. The second kappa shape index (κ2) is 6.36. The zero-order valence-electron chi connectivity index (χ0n) is 11.7. The molecule has 2 heterocycles. The molecule has 0 aliphatic carbocycles. The predicted octanol–water partition coefficient (Wildman–Crippen LogP) is 4.69. The first-order chi connectivity index (χ1) is 9.84. The molecule has 0 aliphatic rings. The van der Waals surface area contributed by atoms with Crippen molar-refractivity contribution in [1.82, 2.24) is 9.97 Å². The second-order valence-electron chi connectivity index (χ2n) is 4.64. The Balaban J connectivity index is 2.52. The van der Waals surface area contributed by atoms with Gasteiger partial charge in [0.05, 0.1) is 5.39 Å². The third-order valence-electron chi connectivity index (χ3n) is 2.91. The van der Waals surface area contributed by atoms with Gasteiger partial charge in [-0.1, -0.05) is 13.8 Å². The molecule has 2 rings (SSSR count). The minimum atomic E-state index is -4.29. The van der Waals surface area contributed by atoms with Crippen molar-refractivity contribution in [2.75, 3.05) is 18.0 Å². The summed E-state index contributed by atoms with van der Waals surface area (Å²) in [6.07, 6.45) is -2.91. The Hall–Kier alpha value is -1.08. The van der Waals surface area contributed by atoms with Crippen LogP contribution in [0.4, 0.5) is 19.0 Å². The van der Waals surface area contributed by atoms with Gasteiger partial charge in [-0.05, 0) is 30.5 Å². The smallest absolute Gasteiger partial charge is 0.347 e. The number of aromatic nitrogens is 2. The number of nitrogens with zero attached hydrogens (tertiary/aromatic N) is 3. The molecule has 0 amide bonds. The van der Waals surface area contributed by atoms with Crippen LogP contribution in [-0.4, -0.2) is 29.2 Å². The molecule has 8 heteroatoms. The summed E-state index contributed by atoms with van der Waals surface area (Å²) in [6.45, 7) is 3.03. The summed E-state index contributed by atoms with van der Waals surface area (Å²) >= 11 is 7.30. The Morgan fingerprint density at radius 2 is 2.00 bits per heavy atom. The molecule has 2 aromatic rings. The molecule has 0 saturated carbocycles. The molecule has 2 aromatic heterocycles. The van der Waals surface area contributed by atoms with Crippen molar-refractivity contribution in [2.24, 2.45) is 0 Å². The number of thiophene rings is 1. The minimum absolute atomic E-state index is 0.0229. The molecule has 0 spiro atoms. The first-order valence-corrected chi connectivity index (χ1v) is 7.81. The number of hydrogen-bond donors (Lipinski definition) is 0. The second-order valence-corrected chi connectivity index (χ2v) is 6.09. The fraction of sp³-hybridized carbons (Fsp3) is 0.538. The van der Waals surface area contributed by atoms with Crippen LogP contribution in [0.2, 0.25) is 5.28 Å². The van der Waals surface area contributed by atoms with E-state index in [1.165, 1.54) is 16.2 Å². The van der Waals surface area contributed by atoms with Gasteiger partial charge in [0, 0.05) is 11.4 Å². The SMILES string of the molecule is CCCN(CC(F)(F)F)c1nc(Cl)nc2sc(CC)cc12. The van der Waals surface area contributed by atoms with Crippen LogP contribution >= 0.6 is 22.9 Å². The summed E-state index contributed by atoms with van der Waals surface area (Å²) < 4.78 is 38.3. The average molecular weight is 338 g/mol. The Labute approximate surface area is 129 Å². The molecule has 0 unspecified atom stereocenters. The minimum Gasteiger partial charge on any atom is -0.347 e. The van der Waals surface area contributed by atoms with Gasteiger partial charge in [0.15, 0.2) is 0 Å². The van der Waals surface area contributed by atoms with E-state index in [9.17, 15) is 13.2 Å². The highest BCUT2D eigenvalue weighted by molar-refractivity contribution is 7.18. The normalized spacial score (nSPS) is 12.1. The topological polar surface area (TPSA) is 29.0 Å². The number of fused-ring (bicyclic) bond motifs is 1. The lowest BCUT2D eigenvalue weighted by molar-refractivity contribution is -0.119. The number of halogens is 4. The van der Waals surface area contributed by atoms with E-state index < -0.39 is 12.7 Å². The van der Waals surface area contributed by atoms with Crippen LogP contribution in [0.5, 0.6) is 0 Å². The van der Waals surface area contributed by atoms with E-state index in [1.807, 2.05) is 19.9 Å². The van der Waals surface area contributed by atoms with Gasteiger partial charge in [-0.3, -0.25) is 0 Å². The van der Waals surface area contributed by atoms with E-state index in [1.54, 1.807) is 0 Å². The van der Waals surface area contributed by atoms with Crippen LogP contribution in [0.25, 0.3) is 10.2 Å². The molecule has 0 radical (unpaired) electrons. The van der Waals surface area contributed by atoms with Gasteiger partial charge in [0.1, 0.15) is 17.2 Å². The fourth-order valence-corrected chi connectivity index (χ4v) is 3.27. The lowest BCUT2D eigenvalue weighted by atomic mass is 10.2. The zero-order chi connectivity index (χ0) is 15.6. The average Bonchev–Trinajstić information content (AvgIpc) is 2.78. The highest BCUT2D eigenvalue weighted by Gasteiger charge is 2.32. The standard InChI is InChI=1S/C13H15ClF3N3S/c1-3-5-20(7-13(15,16)17)10-9-6-8(4-2)21-11(9)19-12(14)18-10/h6H,3-5,7H2,1-2H3. The van der Waals surface area contributed by atoms with E-state index in [4.69, 9.17) is 11.6 Å². The molecule has 0 N–H and O–H groups in total. The van der Waals surface area contributed by atoms with Gasteiger partial charge >= 0.3 is 6.18 Å². The molecule has 0 aromatic carbocycles. The van der Waals surface area contributed by atoms with Crippen LogP contribution in [0.3, 0.4) is 0 Å². The van der Waals surface area contributed by atoms with E-state index >= 15 is 0 Å². The van der Waals surface area contributed by atoms with Gasteiger partial charge in [-0.15, -0.1) is 11.3 Å². The van der Waals surface area contributed by atoms with Crippen LogP contribution in [0, 0.1) is 0 Å². The number of hydrogen-bond acceptors (Lipinski definition) is 4. The third kappa shape index (κ3) is 3.97. The van der Waals surface area contributed by atoms with E-state index in [0.717, 1.165) is 11.3 Å². The van der Waals surface area contributed by atoms with Crippen molar-refractivity contribution in [2.45, 2.75) is 32.9 Å². The summed E-state index contributed by atoms with van der Waals surface area (Å²) in [4.78, 5) is 11.0. The molecule has 0 atom stereocenters. The van der Waals surface area contributed by atoms with Crippen LogP contribution in [0.1, 0.15) is 25.1 Å². The monoisotopic (exact) mass is 337 g/mol. The van der Waals surface area contributed by atoms with Crippen LogP contribution in [0.15, 0.2) is 6.07 Å². The summed E-state index contributed by atoms with van der Waals surface area (Å²) in [5.41, 5.74) is 0. The lowest BCUT2D eigenvalue weighted by Crippen LogP contribution is -2.35. The Bertz CT molecular complexity index is 627.